The van der Waals surface area contributed by atoms with Gasteiger partial charge < -0.3 is 19.3 Å². The zero-order valence-corrected chi connectivity index (χ0v) is 13.4. The maximum absolute atomic E-state index is 12.8. The van der Waals surface area contributed by atoms with Crippen LogP contribution < -0.4 is 0 Å². The molecule has 1 aliphatic heterocycles. The van der Waals surface area contributed by atoms with Gasteiger partial charge in [0.1, 0.15) is 0 Å². The van der Waals surface area contributed by atoms with E-state index in [1.54, 1.807) is 24.3 Å². The number of nitrogens with zero attached hydrogens (tertiary/aromatic N) is 3. The molecule has 1 saturated carbocycles. The van der Waals surface area contributed by atoms with Crippen LogP contribution in [0.3, 0.4) is 0 Å². The highest BCUT2D eigenvalue weighted by Gasteiger charge is 2.33. The number of ether oxygens (including phenoxy) is 1. The van der Waals surface area contributed by atoms with E-state index in [1.165, 1.54) is 4.90 Å². The van der Waals surface area contributed by atoms with Crippen LogP contribution in [0.5, 0.6) is 0 Å². The van der Waals surface area contributed by atoms with Crippen LogP contribution in [0.1, 0.15) is 35.0 Å². The number of benzene rings is 1. The first-order chi connectivity index (χ1) is 12.1. The van der Waals surface area contributed by atoms with E-state index in [0.717, 1.165) is 12.8 Å². The van der Waals surface area contributed by atoms with Crippen molar-refractivity contribution in [3.8, 4) is 11.4 Å². The van der Waals surface area contributed by atoms with Crippen molar-refractivity contribution in [2.75, 3.05) is 19.8 Å². The molecule has 0 bridgehead atoms. The van der Waals surface area contributed by atoms with Crippen LogP contribution in [0.4, 0.5) is 0 Å². The molecular weight excluding hydrogens is 326 g/mol. The summed E-state index contributed by atoms with van der Waals surface area (Å²) < 4.78 is 10.4. The molecular formula is C17H17N3O5. The monoisotopic (exact) mass is 343 g/mol. The van der Waals surface area contributed by atoms with Crippen LogP contribution >= 0.6 is 0 Å². The second-order valence-corrected chi connectivity index (χ2v) is 6.24. The number of amides is 1. The van der Waals surface area contributed by atoms with Gasteiger partial charge in [0.05, 0.1) is 13.2 Å². The first-order valence-electron chi connectivity index (χ1n) is 8.19. The Bertz CT molecular complexity index is 814. The van der Waals surface area contributed by atoms with Crippen molar-refractivity contribution in [2.24, 2.45) is 0 Å². The normalized spacial score (nSPS) is 20.5. The van der Waals surface area contributed by atoms with Gasteiger partial charge in [-0.3, -0.25) is 4.79 Å². The molecule has 1 atom stereocenters. The highest BCUT2D eigenvalue weighted by molar-refractivity contribution is 5.97. The van der Waals surface area contributed by atoms with Gasteiger partial charge in [-0.05, 0) is 25.0 Å². The zero-order chi connectivity index (χ0) is 17.4. The van der Waals surface area contributed by atoms with Crippen molar-refractivity contribution >= 4 is 11.9 Å². The van der Waals surface area contributed by atoms with E-state index in [1.807, 2.05) is 0 Å². The summed E-state index contributed by atoms with van der Waals surface area (Å²) >= 11 is 0. The van der Waals surface area contributed by atoms with E-state index in [4.69, 9.17) is 9.26 Å². The summed E-state index contributed by atoms with van der Waals surface area (Å²) in [6.45, 7) is 0.565. The first-order valence-corrected chi connectivity index (χ1v) is 8.19. The van der Waals surface area contributed by atoms with E-state index in [9.17, 15) is 14.7 Å². The summed E-state index contributed by atoms with van der Waals surface area (Å²) in [5.41, 5.74) is 1.06. The van der Waals surface area contributed by atoms with Gasteiger partial charge in [-0.15, -0.1) is 0 Å². The Labute approximate surface area is 143 Å². The molecule has 2 aliphatic rings. The summed E-state index contributed by atoms with van der Waals surface area (Å²) in [4.78, 5) is 29.8. The molecule has 1 unspecified atom stereocenters. The van der Waals surface area contributed by atoms with Gasteiger partial charge in [-0.1, -0.05) is 17.3 Å². The second-order valence-electron chi connectivity index (χ2n) is 6.24. The lowest BCUT2D eigenvalue weighted by atomic mass is 10.1. The van der Waals surface area contributed by atoms with E-state index < -0.39 is 12.0 Å². The third kappa shape index (κ3) is 3.12. The molecule has 8 heteroatoms. The molecule has 1 aromatic carbocycles. The van der Waals surface area contributed by atoms with Gasteiger partial charge in [0.2, 0.25) is 11.7 Å². The fraction of sp³-hybridized carbons (Fsp3) is 0.412. The number of carbonyl (C=O) groups is 2. The summed E-state index contributed by atoms with van der Waals surface area (Å²) in [6.07, 6.45) is 2.13. The molecule has 2 fully saturated rings. The summed E-state index contributed by atoms with van der Waals surface area (Å²) in [5.74, 6) is 0.00908. The molecule has 130 valence electrons. The van der Waals surface area contributed by atoms with Crippen LogP contribution in [0.25, 0.3) is 11.4 Å². The highest BCUT2D eigenvalue weighted by atomic mass is 16.5. The topological polar surface area (TPSA) is 106 Å². The standard InChI is InChI=1S/C17H17N3O5/c21-16(20-6-7-24-9-13(20)17(22)23)12-3-1-2-11(8-12)14-18-15(25-19-14)10-4-5-10/h1-3,8,10,13H,4-7,9H2,(H,22,23). The van der Waals surface area contributed by atoms with E-state index in [2.05, 4.69) is 10.1 Å². The summed E-state index contributed by atoms with van der Waals surface area (Å²) in [5, 5.41) is 13.3. The van der Waals surface area contributed by atoms with Crippen LogP contribution in [0.15, 0.2) is 28.8 Å². The number of hydrogen-bond donors (Lipinski definition) is 1. The Morgan fingerprint density at radius 3 is 2.88 bits per heavy atom. The minimum atomic E-state index is -1.07. The number of hydrogen-bond acceptors (Lipinski definition) is 6. The number of rotatable bonds is 4. The van der Waals surface area contributed by atoms with Gasteiger partial charge in [-0.25, -0.2) is 4.79 Å². The van der Waals surface area contributed by atoms with E-state index in [-0.39, 0.29) is 19.1 Å². The van der Waals surface area contributed by atoms with Crippen molar-refractivity contribution in [3.05, 3.63) is 35.7 Å². The molecule has 8 nitrogen and oxygen atoms in total. The molecule has 1 aliphatic carbocycles. The van der Waals surface area contributed by atoms with Gasteiger partial charge in [0, 0.05) is 23.6 Å². The van der Waals surface area contributed by atoms with Gasteiger partial charge in [-0.2, -0.15) is 4.98 Å². The third-order valence-corrected chi connectivity index (χ3v) is 4.41. The van der Waals surface area contributed by atoms with Crippen LogP contribution in [0.2, 0.25) is 0 Å². The third-order valence-electron chi connectivity index (χ3n) is 4.41. The smallest absolute Gasteiger partial charge is 0.328 e. The second kappa shape index (κ2) is 6.29. The number of carboxylic acids is 1. The molecule has 2 heterocycles. The molecule has 1 amide bonds. The van der Waals surface area contributed by atoms with Crippen molar-refractivity contribution in [2.45, 2.75) is 24.8 Å². The van der Waals surface area contributed by atoms with Crippen LogP contribution in [-0.4, -0.2) is 57.8 Å². The summed E-state index contributed by atoms with van der Waals surface area (Å²) in [6, 6.07) is 5.87. The lowest BCUT2D eigenvalue weighted by molar-refractivity contribution is -0.147. The van der Waals surface area contributed by atoms with E-state index in [0.29, 0.717) is 35.4 Å². The van der Waals surface area contributed by atoms with Crippen molar-refractivity contribution in [1.29, 1.82) is 0 Å². The predicted molar refractivity (Wildman–Crippen MR) is 85.0 cm³/mol. The maximum atomic E-state index is 12.8. The number of aromatic nitrogens is 2. The van der Waals surface area contributed by atoms with Crippen LogP contribution in [0, 0.1) is 0 Å². The fourth-order valence-electron chi connectivity index (χ4n) is 2.86. The predicted octanol–water partition coefficient (Wildman–Crippen LogP) is 1.54. The SMILES string of the molecule is O=C(O)C1COCCN1C(=O)c1cccc(-c2noc(C3CC3)n2)c1. The Morgan fingerprint density at radius 2 is 2.12 bits per heavy atom. The number of aliphatic carboxylic acids is 1. The van der Waals surface area contributed by atoms with Crippen molar-refractivity contribution in [1.82, 2.24) is 15.0 Å². The minimum absolute atomic E-state index is 0.00362. The van der Waals surface area contributed by atoms with Crippen molar-refractivity contribution < 1.29 is 24.0 Å². The van der Waals surface area contributed by atoms with E-state index >= 15 is 0 Å². The molecule has 0 radical (unpaired) electrons. The number of carboxylic acid groups (broad SMARTS) is 1. The Balaban J connectivity index is 1.59. The molecule has 0 spiro atoms. The number of morpholine rings is 1. The Kier molecular flexibility index (Phi) is 3.96. The molecule has 1 saturated heterocycles. The Morgan fingerprint density at radius 1 is 1.28 bits per heavy atom. The van der Waals surface area contributed by atoms with Gasteiger partial charge in [0.15, 0.2) is 6.04 Å². The number of carbonyl (C=O) groups excluding carboxylic acids is 1. The largest absolute Gasteiger partial charge is 0.480 e. The molecule has 1 aromatic heterocycles. The molecule has 4 rings (SSSR count). The highest BCUT2D eigenvalue weighted by Crippen LogP contribution is 2.39. The van der Waals surface area contributed by atoms with Gasteiger partial charge >= 0.3 is 5.97 Å². The average molecular weight is 343 g/mol. The lowest BCUT2D eigenvalue weighted by Gasteiger charge is -2.32. The van der Waals surface area contributed by atoms with Crippen molar-refractivity contribution in [3.63, 3.8) is 0 Å². The minimum Gasteiger partial charge on any atom is -0.480 e. The average Bonchev–Trinajstić information content (AvgIpc) is 3.38. The molecule has 25 heavy (non-hydrogen) atoms. The molecule has 1 N–H and O–H groups in total. The first kappa shape index (κ1) is 15.8. The van der Waals surface area contributed by atoms with Gasteiger partial charge in [0.25, 0.3) is 5.91 Å². The summed E-state index contributed by atoms with van der Waals surface area (Å²) in [7, 11) is 0. The lowest BCUT2D eigenvalue weighted by Crippen LogP contribution is -2.52. The fourth-order valence-corrected chi connectivity index (χ4v) is 2.86. The quantitative estimate of drug-likeness (QED) is 0.897. The maximum Gasteiger partial charge on any atom is 0.328 e. The molecule has 2 aromatic rings. The Hall–Kier alpha value is -2.74. The van der Waals surface area contributed by atoms with Crippen LogP contribution in [-0.2, 0) is 9.53 Å². The zero-order valence-electron chi connectivity index (χ0n) is 13.4.